The number of hydrogen-bond donors (Lipinski definition) is 1. The number of fused-ring (bicyclic) bond motifs is 2. The molecule has 1 atom stereocenters. The zero-order chi connectivity index (χ0) is 22.1. The number of amides is 1. The molecule has 0 saturated heterocycles. The average Bonchev–Trinajstić information content (AvgIpc) is 3.30. The van der Waals surface area contributed by atoms with Gasteiger partial charge in [-0.3, -0.25) is 9.69 Å². The number of benzene rings is 3. The zero-order valence-corrected chi connectivity index (χ0v) is 17.5. The highest BCUT2D eigenvalue weighted by Crippen LogP contribution is 2.42. The first-order valence-corrected chi connectivity index (χ1v) is 10.2. The van der Waals surface area contributed by atoms with Gasteiger partial charge in [0.05, 0.1) is 18.4 Å². The van der Waals surface area contributed by atoms with E-state index < -0.39 is 6.17 Å². The lowest BCUT2D eigenvalue weighted by Crippen LogP contribution is -2.43. The van der Waals surface area contributed by atoms with E-state index in [-0.39, 0.29) is 12.7 Å². The van der Waals surface area contributed by atoms with Crippen molar-refractivity contribution in [2.75, 3.05) is 30.7 Å². The standard InChI is InChI=1S/C25H22N2O5/c1-3-12-30-20-10-8-16(13-22(20)29-2)24-26-19-7-5-4-6-18(19)25(28)27(24)17-9-11-21-23(14-17)32-15-31-21/h3-11,13-14,24,26H,1,12,15H2,2H3. The summed E-state index contributed by atoms with van der Waals surface area (Å²) in [6.07, 6.45) is 1.20. The Morgan fingerprint density at radius 3 is 2.78 bits per heavy atom. The molecule has 7 heteroatoms. The van der Waals surface area contributed by atoms with E-state index >= 15 is 0 Å². The summed E-state index contributed by atoms with van der Waals surface area (Å²) in [5.74, 6) is 2.33. The van der Waals surface area contributed by atoms with E-state index in [1.807, 2.05) is 60.7 Å². The van der Waals surface area contributed by atoms with E-state index in [9.17, 15) is 4.79 Å². The highest BCUT2D eigenvalue weighted by Gasteiger charge is 2.35. The predicted molar refractivity (Wildman–Crippen MR) is 121 cm³/mol. The van der Waals surface area contributed by atoms with Crippen molar-refractivity contribution < 1.29 is 23.7 Å². The van der Waals surface area contributed by atoms with Gasteiger partial charge >= 0.3 is 0 Å². The first-order valence-electron chi connectivity index (χ1n) is 10.2. The van der Waals surface area contributed by atoms with Crippen molar-refractivity contribution in [1.82, 2.24) is 0 Å². The van der Waals surface area contributed by atoms with Gasteiger partial charge in [-0.2, -0.15) is 0 Å². The summed E-state index contributed by atoms with van der Waals surface area (Å²) in [5, 5.41) is 3.49. The largest absolute Gasteiger partial charge is 0.493 e. The van der Waals surface area contributed by atoms with Crippen molar-refractivity contribution in [3.8, 4) is 23.0 Å². The molecule has 32 heavy (non-hydrogen) atoms. The highest BCUT2D eigenvalue weighted by atomic mass is 16.7. The number of nitrogens with one attached hydrogen (secondary N) is 1. The van der Waals surface area contributed by atoms with Crippen molar-refractivity contribution in [2.45, 2.75) is 6.17 Å². The van der Waals surface area contributed by atoms with E-state index in [0.29, 0.717) is 40.9 Å². The quantitative estimate of drug-likeness (QED) is 0.569. The predicted octanol–water partition coefficient (Wildman–Crippen LogP) is 4.76. The normalized spacial score (nSPS) is 16.2. The smallest absolute Gasteiger partial charge is 0.262 e. The second-order valence-corrected chi connectivity index (χ2v) is 7.32. The van der Waals surface area contributed by atoms with Crippen LogP contribution in [0.1, 0.15) is 22.1 Å². The first-order chi connectivity index (χ1) is 15.7. The SMILES string of the molecule is C=CCOc1ccc(C2Nc3ccccc3C(=O)N2c2ccc3c(c2)OCO3)cc1OC. The number of methoxy groups -OCH3 is 1. The average molecular weight is 430 g/mol. The van der Waals surface area contributed by atoms with Gasteiger partial charge in [-0.1, -0.05) is 30.9 Å². The Hall–Kier alpha value is -4.13. The number of rotatable bonds is 6. The maximum atomic E-state index is 13.6. The molecular formula is C25H22N2O5. The number of carbonyl (C=O) groups is 1. The molecule has 0 fully saturated rings. The van der Waals surface area contributed by atoms with Gasteiger partial charge in [0.2, 0.25) is 6.79 Å². The fraction of sp³-hybridized carbons (Fsp3) is 0.160. The monoisotopic (exact) mass is 430 g/mol. The molecule has 2 aliphatic heterocycles. The van der Waals surface area contributed by atoms with Gasteiger partial charge in [0, 0.05) is 11.8 Å². The lowest BCUT2D eigenvalue weighted by Gasteiger charge is -2.38. The minimum atomic E-state index is -0.472. The molecule has 2 heterocycles. The van der Waals surface area contributed by atoms with Crippen molar-refractivity contribution in [3.05, 3.63) is 84.4 Å². The lowest BCUT2D eigenvalue weighted by atomic mass is 10.0. The zero-order valence-electron chi connectivity index (χ0n) is 17.5. The lowest BCUT2D eigenvalue weighted by molar-refractivity contribution is 0.0975. The minimum absolute atomic E-state index is 0.117. The van der Waals surface area contributed by atoms with Gasteiger partial charge in [0.25, 0.3) is 5.91 Å². The maximum Gasteiger partial charge on any atom is 0.262 e. The van der Waals surface area contributed by atoms with Crippen LogP contribution >= 0.6 is 0 Å². The molecule has 5 rings (SSSR count). The van der Waals surface area contributed by atoms with Crippen LogP contribution in [0.25, 0.3) is 0 Å². The maximum absolute atomic E-state index is 13.6. The molecule has 2 aliphatic rings. The summed E-state index contributed by atoms with van der Waals surface area (Å²) < 4.78 is 22.2. The molecule has 1 unspecified atom stereocenters. The van der Waals surface area contributed by atoms with Gasteiger partial charge in [-0.15, -0.1) is 0 Å². The molecule has 0 radical (unpaired) electrons. The van der Waals surface area contributed by atoms with Crippen molar-refractivity contribution in [3.63, 3.8) is 0 Å². The molecular weight excluding hydrogens is 408 g/mol. The van der Waals surface area contributed by atoms with Crippen molar-refractivity contribution >= 4 is 17.3 Å². The topological polar surface area (TPSA) is 69.3 Å². The van der Waals surface area contributed by atoms with Crippen LogP contribution in [-0.2, 0) is 0 Å². The van der Waals surface area contributed by atoms with Crippen LogP contribution in [0.3, 0.4) is 0 Å². The molecule has 7 nitrogen and oxygen atoms in total. The third-order valence-electron chi connectivity index (χ3n) is 5.42. The summed E-state index contributed by atoms with van der Waals surface area (Å²) in [4.78, 5) is 15.3. The molecule has 3 aromatic rings. The van der Waals surface area contributed by atoms with E-state index in [0.717, 1.165) is 11.3 Å². The molecule has 0 spiro atoms. The third-order valence-corrected chi connectivity index (χ3v) is 5.42. The van der Waals surface area contributed by atoms with E-state index in [1.165, 1.54) is 0 Å². The van der Waals surface area contributed by atoms with Crippen LogP contribution < -0.4 is 29.2 Å². The van der Waals surface area contributed by atoms with Gasteiger partial charge in [-0.05, 0) is 42.0 Å². The molecule has 0 bridgehead atoms. The number of ether oxygens (including phenoxy) is 4. The molecule has 0 saturated carbocycles. The van der Waals surface area contributed by atoms with Crippen LogP contribution in [-0.4, -0.2) is 26.4 Å². The summed E-state index contributed by atoms with van der Waals surface area (Å²) >= 11 is 0. The Balaban J connectivity index is 1.60. The molecule has 1 N–H and O–H groups in total. The second kappa shape index (κ2) is 8.19. The summed E-state index contributed by atoms with van der Waals surface area (Å²) in [6.45, 7) is 4.22. The molecule has 0 aliphatic carbocycles. The fourth-order valence-electron chi connectivity index (χ4n) is 3.91. The highest BCUT2D eigenvalue weighted by molar-refractivity contribution is 6.12. The number of carbonyl (C=O) groups excluding carboxylic acids is 1. The Bertz CT molecular complexity index is 1190. The number of hydrogen-bond acceptors (Lipinski definition) is 6. The number of para-hydroxylation sites is 1. The molecule has 162 valence electrons. The number of nitrogens with zero attached hydrogens (tertiary/aromatic N) is 1. The van der Waals surface area contributed by atoms with Crippen LogP contribution in [0.5, 0.6) is 23.0 Å². The van der Waals surface area contributed by atoms with Crippen LogP contribution in [0.4, 0.5) is 11.4 Å². The second-order valence-electron chi connectivity index (χ2n) is 7.32. The third kappa shape index (κ3) is 3.37. The van der Waals surface area contributed by atoms with E-state index in [1.54, 1.807) is 18.1 Å². The summed E-state index contributed by atoms with van der Waals surface area (Å²) in [6, 6.07) is 18.6. The van der Waals surface area contributed by atoms with Gasteiger partial charge in [-0.25, -0.2) is 0 Å². The Morgan fingerprint density at radius 2 is 1.94 bits per heavy atom. The van der Waals surface area contributed by atoms with E-state index in [4.69, 9.17) is 18.9 Å². The van der Waals surface area contributed by atoms with Crippen LogP contribution in [0, 0.1) is 0 Å². The van der Waals surface area contributed by atoms with Gasteiger partial charge < -0.3 is 24.3 Å². The summed E-state index contributed by atoms with van der Waals surface area (Å²) in [7, 11) is 1.59. The van der Waals surface area contributed by atoms with Crippen molar-refractivity contribution in [1.29, 1.82) is 0 Å². The van der Waals surface area contributed by atoms with Crippen LogP contribution in [0.2, 0.25) is 0 Å². The van der Waals surface area contributed by atoms with Crippen LogP contribution in [0.15, 0.2) is 73.3 Å². The fourth-order valence-corrected chi connectivity index (χ4v) is 3.91. The Labute approximate surface area is 185 Å². The Kier molecular flexibility index (Phi) is 5.07. The van der Waals surface area contributed by atoms with Crippen molar-refractivity contribution in [2.24, 2.45) is 0 Å². The minimum Gasteiger partial charge on any atom is -0.493 e. The molecule has 0 aromatic heterocycles. The van der Waals surface area contributed by atoms with Gasteiger partial charge in [0.1, 0.15) is 12.8 Å². The molecule has 3 aromatic carbocycles. The molecule has 1 amide bonds. The Morgan fingerprint density at radius 1 is 1.09 bits per heavy atom. The van der Waals surface area contributed by atoms with Gasteiger partial charge in [0.15, 0.2) is 23.0 Å². The first kappa shape index (κ1) is 19.8. The van der Waals surface area contributed by atoms with E-state index in [2.05, 4.69) is 11.9 Å². The summed E-state index contributed by atoms with van der Waals surface area (Å²) in [5.41, 5.74) is 2.90. The number of anilines is 2.